The Morgan fingerprint density at radius 3 is 2.75 bits per heavy atom. The molecule has 16 heavy (non-hydrogen) atoms. The minimum atomic E-state index is -3.60. The van der Waals surface area contributed by atoms with E-state index in [-0.39, 0.29) is 11.4 Å². The van der Waals surface area contributed by atoms with Gasteiger partial charge in [0.25, 0.3) is 0 Å². The fourth-order valence-electron chi connectivity index (χ4n) is 1.26. The van der Waals surface area contributed by atoms with Crippen LogP contribution < -0.4 is 5.73 Å². The smallest absolute Gasteiger partial charge is 0.184 e. The highest BCUT2D eigenvalue weighted by Gasteiger charge is 2.16. The van der Waals surface area contributed by atoms with Crippen LogP contribution in [0, 0.1) is 6.92 Å². The molecular weight excluding hydrogens is 229 g/mol. The van der Waals surface area contributed by atoms with E-state index < -0.39 is 21.4 Å². The van der Waals surface area contributed by atoms with Crippen molar-refractivity contribution in [3.8, 4) is 0 Å². The van der Waals surface area contributed by atoms with E-state index >= 15 is 0 Å². The van der Waals surface area contributed by atoms with Crippen molar-refractivity contribution in [1.29, 1.82) is 0 Å². The first kappa shape index (κ1) is 12.9. The van der Waals surface area contributed by atoms with Crippen LogP contribution >= 0.6 is 0 Å². The molecule has 0 aliphatic carbocycles. The molecule has 0 heterocycles. The van der Waals surface area contributed by atoms with Crippen LogP contribution in [0.15, 0.2) is 41.1 Å². The molecule has 0 atom stereocenters. The van der Waals surface area contributed by atoms with Gasteiger partial charge in [-0.3, -0.25) is 0 Å². The maximum atomic E-state index is 13.1. The lowest BCUT2D eigenvalue weighted by Crippen LogP contribution is -2.08. The van der Waals surface area contributed by atoms with Crippen molar-refractivity contribution in [3.63, 3.8) is 0 Å². The molecule has 0 fully saturated rings. The molecule has 0 aromatic heterocycles. The van der Waals surface area contributed by atoms with Crippen LogP contribution in [0.3, 0.4) is 0 Å². The van der Waals surface area contributed by atoms with Gasteiger partial charge in [0.2, 0.25) is 0 Å². The Bertz CT molecular complexity index is 494. The standard InChI is InChI=1S/C11H14FNO2S/c1-9-3-2-4-11(7-9)16(14,15)8-10(12)5-6-13/h2-5,7H,6,8,13H2,1H3/b10-5-. The predicted molar refractivity (Wildman–Crippen MR) is 61.5 cm³/mol. The molecule has 2 N–H and O–H groups in total. The molecule has 88 valence electrons. The topological polar surface area (TPSA) is 60.2 Å². The molecule has 1 rings (SSSR count). The van der Waals surface area contributed by atoms with E-state index in [2.05, 4.69) is 0 Å². The van der Waals surface area contributed by atoms with Crippen LogP contribution in [0.4, 0.5) is 4.39 Å². The van der Waals surface area contributed by atoms with Crippen molar-refractivity contribution in [2.45, 2.75) is 11.8 Å². The van der Waals surface area contributed by atoms with E-state index in [9.17, 15) is 12.8 Å². The number of hydrogen-bond acceptors (Lipinski definition) is 3. The summed E-state index contributed by atoms with van der Waals surface area (Å²) in [5.41, 5.74) is 5.92. The molecule has 0 saturated heterocycles. The number of aryl methyl sites for hydroxylation is 1. The van der Waals surface area contributed by atoms with Gasteiger partial charge in [0, 0.05) is 6.54 Å². The average Bonchev–Trinajstić information content (AvgIpc) is 2.17. The summed E-state index contributed by atoms with van der Waals surface area (Å²) < 4.78 is 36.6. The minimum absolute atomic E-state index is 0.00479. The first-order chi connectivity index (χ1) is 7.45. The van der Waals surface area contributed by atoms with Gasteiger partial charge in [0.15, 0.2) is 9.84 Å². The molecule has 3 nitrogen and oxygen atoms in total. The van der Waals surface area contributed by atoms with Crippen molar-refractivity contribution in [3.05, 3.63) is 41.7 Å². The van der Waals surface area contributed by atoms with Crippen molar-refractivity contribution >= 4 is 9.84 Å². The van der Waals surface area contributed by atoms with Crippen molar-refractivity contribution in [2.75, 3.05) is 12.3 Å². The molecule has 0 radical (unpaired) electrons. The van der Waals surface area contributed by atoms with Crippen molar-refractivity contribution in [1.82, 2.24) is 0 Å². The largest absolute Gasteiger partial charge is 0.327 e. The number of halogens is 1. The molecule has 0 aliphatic rings. The molecule has 5 heteroatoms. The van der Waals surface area contributed by atoms with Gasteiger partial charge >= 0.3 is 0 Å². The van der Waals surface area contributed by atoms with Crippen LogP contribution in [0.25, 0.3) is 0 Å². The SMILES string of the molecule is Cc1cccc(S(=O)(=O)C/C(F)=C/CN)c1. The molecule has 0 unspecified atom stereocenters. The number of hydrogen-bond donors (Lipinski definition) is 1. The molecule has 0 amide bonds. The van der Waals surface area contributed by atoms with E-state index in [1.165, 1.54) is 12.1 Å². The number of sulfone groups is 1. The zero-order valence-corrected chi connectivity index (χ0v) is 9.80. The highest BCUT2D eigenvalue weighted by molar-refractivity contribution is 7.91. The van der Waals surface area contributed by atoms with E-state index in [1.54, 1.807) is 19.1 Å². The fourth-order valence-corrected chi connectivity index (χ4v) is 2.56. The Labute approximate surface area is 94.7 Å². The molecule has 1 aromatic carbocycles. The second-order valence-electron chi connectivity index (χ2n) is 3.46. The molecule has 0 saturated carbocycles. The summed E-state index contributed by atoms with van der Waals surface area (Å²) in [7, 11) is -3.60. The van der Waals surface area contributed by atoms with Crippen LogP contribution in [0.2, 0.25) is 0 Å². The zero-order valence-electron chi connectivity index (χ0n) is 8.98. The molecule has 0 aliphatic heterocycles. The lowest BCUT2D eigenvalue weighted by molar-refractivity contribution is 0.583. The quantitative estimate of drug-likeness (QED) is 0.873. The first-order valence-corrected chi connectivity index (χ1v) is 6.45. The van der Waals surface area contributed by atoms with Crippen molar-refractivity contribution in [2.24, 2.45) is 5.73 Å². The van der Waals surface area contributed by atoms with Gasteiger partial charge in [-0.25, -0.2) is 12.8 Å². The Kier molecular flexibility index (Phi) is 4.20. The summed E-state index contributed by atoms with van der Waals surface area (Å²) in [5.74, 6) is -1.35. The number of nitrogens with two attached hydrogens (primary N) is 1. The fraction of sp³-hybridized carbons (Fsp3) is 0.273. The van der Waals surface area contributed by atoms with Gasteiger partial charge in [0.05, 0.1) is 4.90 Å². The summed E-state index contributed by atoms with van der Waals surface area (Å²) in [5, 5.41) is 0. The van der Waals surface area contributed by atoms with Gasteiger partial charge in [0.1, 0.15) is 11.6 Å². The van der Waals surface area contributed by atoms with Gasteiger partial charge in [-0.05, 0) is 30.7 Å². The first-order valence-electron chi connectivity index (χ1n) is 4.80. The third-order valence-electron chi connectivity index (χ3n) is 2.02. The van der Waals surface area contributed by atoms with E-state index in [0.29, 0.717) is 0 Å². The summed E-state index contributed by atoms with van der Waals surface area (Å²) in [6.07, 6.45) is 1.06. The normalized spacial score (nSPS) is 12.8. The van der Waals surface area contributed by atoms with Crippen LogP contribution in [-0.4, -0.2) is 20.7 Å². The van der Waals surface area contributed by atoms with E-state index in [1.807, 2.05) is 0 Å². The maximum Gasteiger partial charge on any atom is 0.184 e. The summed E-state index contributed by atoms with van der Waals surface area (Å²) in [6.45, 7) is 1.78. The Morgan fingerprint density at radius 1 is 1.50 bits per heavy atom. The third kappa shape index (κ3) is 3.43. The predicted octanol–water partition coefficient (Wildman–Crippen LogP) is 1.58. The summed E-state index contributed by atoms with van der Waals surface area (Å²) >= 11 is 0. The summed E-state index contributed by atoms with van der Waals surface area (Å²) in [6, 6.07) is 6.39. The number of rotatable bonds is 4. The van der Waals surface area contributed by atoms with E-state index in [0.717, 1.165) is 11.6 Å². The molecule has 0 bridgehead atoms. The second kappa shape index (κ2) is 5.23. The minimum Gasteiger partial charge on any atom is -0.327 e. The Hall–Kier alpha value is -1.20. The lowest BCUT2D eigenvalue weighted by atomic mass is 10.2. The van der Waals surface area contributed by atoms with Crippen LogP contribution in [0.5, 0.6) is 0 Å². The van der Waals surface area contributed by atoms with Crippen LogP contribution in [-0.2, 0) is 9.84 Å². The molecular formula is C11H14FNO2S. The van der Waals surface area contributed by atoms with Crippen molar-refractivity contribution < 1.29 is 12.8 Å². The third-order valence-corrected chi connectivity index (χ3v) is 3.64. The van der Waals surface area contributed by atoms with Gasteiger partial charge < -0.3 is 5.73 Å². The zero-order chi connectivity index (χ0) is 12.2. The molecule has 0 spiro atoms. The highest BCUT2D eigenvalue weighted by atomic mass is 32.2. The summed E-state index contributed by atoms with van der Waals surface area (Å²) in [4.78, 5) is 0.132. The average molecular weight is 243 g/mol. The Morgan fingerprint density at radius 2 is 2.19 bits per heavy atom. The monoisotopic (exact) mass is 243 g/mol. The van der Waals surface area contributed by atoms with E-state index in [4.69, 9.17) is 5.73 Å². The maximum absolute atomic E-state index is 13.1. The lowest BCUT2D eigenvalue weighted by Gasteiger charge is -2.03. The van der Waals surface area contributed by atoms with Crippen LogP contribution in [0.1, 0.15) is 5.56 Å². The Balaban J connectivity index is 2.99. The second-order valence-corrected chi connectivity index (χ2v) is 5.45. The van der Waals surface area contributed by atoms with Gasteiger partial charge in [-0.2, -0.15) is 0 Å². The van der Waals surface area contributed by atoms with Gasteiger partial charge in [-0.15, -0.1) is 0 Å². The highest BCUT2D eigenvalue weighted by Crippen LogP contribution is 2.15. The van der Waals surface area contributed by atoms with Gasteiger partial charge in [-0.1, -0.05) is 12.1 Å². The molecule has 1 aromatic rings. The number of benzene rings is 1.